The number of carbonyl (C=O) groups excluding carboxylic acids is 1. The quantitative estimate of drug-likeness (QED) is 0.475. The van der Waals surface area contributed by atoms with Crippen molar-refractivity contribution in [1.29, 1.82) is 0 Å². The Balaban J connectivity index is 3.09. The Morgan fingerprint density at radius 2 is 1.47 bits per heavy atom. The molecule has 0 bridgehead atoms. The van der Waals surface area contributed by atoms with Crippen LogP contribution >= 0.6 is 0 Å². The van der Waals surface area contributed by atoms with E-state index in [1.807, 2.05) is 27.7 Å². The fourth-order valence-electron chi connectivity index (χ4n) is 1.77. The van der Waals surface area contributed by atoms with E-state index in [4.69, 9.17) is 9.47 Å². The number of hydrogen-bond acceptors (Lipinski definition) is 3. The fourth-order valence-corrected chi connectivity index (χ4v) is 1.77. The van der Waals surface area contributed by atoms with E-state index in [2.05, 4.69) is 0 Å². The molecule has 0 heterocycles. The van der Waals surface area contributed by atoms with Crippen LogP contribution in [0.4, 0.5) is 0 Å². The maximum atomic E-state index is 11.4. The first kappa shape index (κ1) is 18.6. The van der Waals surface area contributed by atoms with Gasteiger partial charge in [0.25, 0.3) is 0 Å². The minimum atomic E-state index is 0.196. The van der Waals surface area contributed by atoms with E-state index in [0.717, 1.165) is 32.3 Å². The van der Waals surface area contributed by atoms with Crippen molar-refractivity contribution in [2.24, 2.45) is 5.92 Å². The lowest BCUT2D eigenvalue weighted by Crippen LogP contribution is -2.10. The Hall–Kier alpha value is -0.410. The summed E-state index contributed by atoms with van der Waals surface area (Å²) < 4.78 is 10.9. The second kappa shape index (κ2) is 12.6. The summed E-state index contributed by atoms with van der Waals surface area (Å²) in [6.45, 7) is 10.2. The van der Waals surface area contributed by atoms with Crippen LogP contribution in [0.3, 0.4) is 0 Å². The Morgan fingerprint density at radius 1 is 0.842 bits per heavy atom. The summed E-state index contributed by atoms with van der Waals surface area (Å²) in [4.78, 5) is 11.4. The molecular weight excluding hydrogens is 240 g/mol. The zero-order valence-electron chi connectivity index (χ0n) is 13.2. The van der Waals surface area contributed by atoms with E-state index in [0.29, 0.717) is 19.0 Å². The number of hydrogen-bond donors (Lipinski definition) is 0. The average Bonchev–Trinajstić information content (AvgIpc) is 2.35. The summed E-state index contributed by atoms with van der Waals surface area (Å²) in [6.07, 6.45) is 6.75. The highest BCUT2D eigenvalue weighted by molar-refractivity contribution is 5.80. The lowest BCUT2D eigenvalue weighted by Gasteiger charge is -2.08. The smallest absolute Gasteiger partial charge is 0.135 e. The van der Waals surface area contributed by atoms with E-state index in [1.165, 1.54) is 12.8 Å². The van der Waals surface area contributed by atoms with Crippen molar-refractivity contribution in [2.45, 2.75) is 72.3 Å². The number of unbranched alkanes of at least 4 members (excludes halogenated alkanes) is 4. The molecule has 0 fully saturated rings. The van der Waals surface area contributed by atoms with E-state index < -0.39 is 0 Å². The van der Waals surface area contributed by atoms with Gasteiger partial charge in [0.05, 0.1) is 19.3 Å². The second-order valence-corrected chi connectivity index (χ2v) is 5.67. The van der Waals surface area contributed by atoms with Gasteiger partial charge in [0.2, 0.25) is 0 Å². The molecule has 3 heteroatoms. The molecule has 0 saturated heterocycles. The second-order valence-electron chi connectivity index (χ2n) is 5.67. The van der Waals surface area contributed by atoms with Gasteiger partial charge in [0.1, 0.15) is 5.78 Å². The highest BCUT2D eigenvalue weighted by atomic mass is 16.5. The molecule has 0 aliphatic carbocycles. The number of ether oxygens (including phenoxy) is 2. The first-order valence-electron chi connectivity index (χ1n) is 7.76. The Morgan fingerprint density at radius 3 is 2.11 bits per heavy atom. The third-order valence-electron chi connectivity index (χ3n) is 3.03. The third-order valence-corrected chi connectivity index (χ3v) is 3.03. The van der Waals surface area contributed by atoms with E-state index in [9.17, 15) is 4.79 Å². The van der Waals surface area contributed by atoms with Crippen molar-refractivity contribution in [3.05, 3.63) is 0 Å². The molecule has 114 valence electrons. The standard InChI is InChI=1S/C16H32O3/c1-14(2)16(17)10-8-6-5-7-9-11-18-12-13-19-15(3)4/h14-15H,5-13H2,1-4H3. The molecular formula is C16H32O3. The molecule has 0 aromatic rings. The SMILES string of the molecule is CC(C)OCCOCCCCCCCC(=O)C(C)C. The summed E-state index contributed by atoms with van der Waals surface area (Å²) in [5.41, 5.74) is 0. The molecule has 0 radical (unpaired) electrons. The predicted molar refractivity (Wildman–Crippen MR) is 79.5 cm³/mol. The van der Waals surface area contributed by atoms with Gasteiger partial charge in [-0.05, 0) is 26.7 Å². The van der Waals surface area contributed by atoms with Gasteiger partial charge in [-0.2, -0.15) is 0 Å². The Kier molecular flexibility index (Phi) is 12.3. The number of Topliss-reactive ketones (excluding diaryl/α,β-unsaturated/α-hetero) is 1. The van der Waals surface area contributed by atoms with E-state index in [1.54, 1.807) is 0 Å². The molecule has 0 aromatic heterocycles. The van der Waals surface area contributed by atoms with Gasteiger partial charge in [-0.15, -0.1) is 0 Å². The molecule has 0 amide bonds. The van der Waals surface area contributed by atoms with Crippen LogP contribution in [0.15, 0.2) is 0 Å². The summed E-state index contributed by atoms with van der Waals surface area (Å²) in [5.74, 6) is 0.593. The van der Waals surface area contributed by atoms with Crippen molar-refractivity contribution >= 4 is 5.78 Å². The minimum Gasteiger partial charge on any atom is -0.379 e. The van der Waals surface area contributed by atoms with Crippen molar-refractivity contribution < 1.29 is 14.3 Å². The van der Waals surface area contributed by atoms with Crippen LogP contribution in [0.25, 0.3) is 0 Å². The van der Waals surface area contributed by atoms with E-state index >= 15 is 0 Å². The van der Waals surface area contributed by atoms with Crippen molar-refractivity contribution in [1.82, 2.24) is 0 Å². The van der Waals surface area contributed by atoms with E-state index in [-0.39, 0.29) is 12.0 Å². The normalized spacial score (nSPS) is 11.5. The fraction of sp³-hybridized carbons (Fsp3) is 0.938. The van der Waals surface area contributed by atoms with Gasteiger partial charge < -0.3 is 9.47 Å². The van der Waals surface area contributed by atoms with Gasteiger partial charge in [-0.1, -0.05) is 33.1 Å². The number of rotatable bonds is 13. The van der Waals surface area contributed by atoms with Crippen molar-refractivity contribution in [3.63, 3.8) is 0 Å². The molecule has 0 N–H and O–H groups in total. The maximum Gasteiger partial charge on any atom is 0.135 e. The zero-order chi connectivity index (χ0) is 14.5. The van der Waals surface area contributed by atoms with Crippen molar-refractivity contribution in [2.75, 3.05) is 19.8 Å². The van der Waals surface area contributed by atoms with Crippen LogP contribution in [0.5, 0.6) is 0 Å². The molecule has 0 saturated carbocycles. The van der Waals surface area contributed by atoms with Gasteiger partial charge in [-0.25, -0.2) is 0 Å². The monoisotopic (exact) mass is 272 g/mol. The lowest BCUT2D eigenvalue weighted by molar-refractivity contribution is -0.122. The third kappa shape index (κ3) is 13.8. The Bertz CT molecular complexity index is 212. The van der Waals surface area contributed by atoms with Crippen LogP contribution < -0.4 is 0 Å². The van der Waals surface area contributed by atoms with Gasteiger partial charge in [0.15, 0.2) is 0 Å². The van der Waals surface area contributed by atoms with Gasteiger partial charge >= 0.3 is 0 Å². The first-order chi connectivity index (χ1) is 9.04. The number of carbonyl (C=O) groups is 1. The highest BCUT2D eigenvalue weighted by Gasteiger charge is 2.05. The topological polar surface area (TPSA) is 35.5 Å². The first-order valence-corrected chi connectivity index (χ1v) is 7.76. The highest BCUT2D eigenvalue weighted by Crippen LogP contribution is 2.08. The zero-order valence-corrected chi connectivity index (χ0v) is 13.2. The van der Waals surface area contributed by atoms with Crippen molar-refractivity contribution in [3.8, 4) is 0 Å². The summed E-state index contributed by atoms with van der Waals surface area (Å²) in [6, 6.07) is 0. The Labute approximate surface area is 119 Å². The molecule has 0 aliphatic rings. The summed E-state index contributed by atoms with van der Waals surface area (Å²) in [5, 5.41) is 0. The molecule has 0 rings (SSSR count). The molecule has 3 nitrogen and oxygen atoms in total. The summed E-state index contributed by atoms with van der Waals surface area (Å²) >= 11 is 0. The molecule has 0 atom stereocenters. The van der Waals surface area contributed by atoms with Gasteiger partial charge in [0, 0.05) is 18.9 Å². The maximum absolute atomic E-state index is 11.4. The molecule has 0 aromatic carbocycles. The van der Waals surface area contributed by atoms with Crippen LogP contribution in [0.2, 0.25) is 0 Å². The molecule has 0 spiro atoms. The molecule has 19 heavy (non-hydrogen) atoms. The lowest BCUT2D eigenvalue weighted by atomic mass is 10.0. The minimum absolute atomic E-state index is 0.196. The number of ketones is 1. The largest absolute Gasteiger partial charge is 0.379 e. The molecule has 0 aliphatic heterocycles. The molecule has 0 unspecified atom stereocenters. The van der Waals surface area contributed by atoms with Crippen LogP contribution in [0, 0.1) is 5.92 Å². The van der Waals surface area contributed by atoms with Crippen LogP contribution in [0.1, 0.15) is 66.2 Å². The van der Waals surface area contributed by atoms with Gasteiger partial charge in [-0.3, -0.25) is 4.79 Å². The summed E-state index contributed by atoms with van der Waals surface area (Å²) in [7, 11) is 0. The predicted octanol–water partition coefficient (Wildman–Crippen LogP) is 3.99. The van der Waals surface area contributed by atoms with Crippen LogP contribution in [-0.4, -0.2) is 31.7 Å². The van der Waals surface area contributed by atoms with Crippen LogP contribution in [-0.2, 0) is 14.3 Å². The average molecular weight is 272 g/mol.